The largest absolute Gasteiger partial charge is 0.492 e. The summed E-state index contributed by atoms with van der Waals surface area (Å²) in [7, 11) is -3.72. The lowest BCUT2D eigenvalue weighted by Crippen LogP contribution is -2.36. The van der Waals surface area contributed by atoms with Gasteiger partial charge in [0.05, 0.1) is 21.2 Å². The van der Waals surface area contributed by atoms with Crippen molar-refractivity contribution in [1.82, 2.24) is 9.29 Å². The zero-order valence-corrected chi connectivity index (χ0v) is 18.0. The minimum absolute atomic E-state index is 0.0878. The molecule has 0 fully saturated rings. The second-order valence-electron chi connectivity index (χ2n) is 6.82. The average molecular weight is 421 g/mol. The number of hydrogen-bond donors (Lipinski definition) is 1. The minimum atomic E-state index is -3.72. The molecule has 150 valence electrons. The van der Waals surface area contributed by atoms with E-state index in [1.165, 1.54) is 11.6 Å². The van der Waals surface area contributed by atoms with Crippen LogP contribution < -0.4 is 14.3 Å². The summed E-state index contributed by atoms with van der Waals surface area (Å²) in [6, 6.07) is 10.1. The van der Waals surface area contributed by atoms with Crippen LogP contribution in [0.4, 0.5) is 0 Å². The fraction of sp³-hybridized carbons (Fsp3) is 0.350. The Morgan fingerprint density at radius 2 is 1.89 bits per heavy atom. The standard InChI is InChI=1S/C20H24N2O4S2/c1-5-22-18-9-8-17(11-19(18)27-20(22)23)28(24,25)21-15(4)12-26-16-7-6-13(2)14(3)10-16/h6-11,15,21H,5,12H2,1-4H3/t15-/m1/s1. The molecule has 3 aromatic rings. The van der Waals surface area contributed by atoms with E-state index < -0.39 is 16.1 Å². The SMILES string of the molecule is CCn1c(=O)sc2cc(S(=O)(=O)N[C@H](C)COc3ccc(C)c(C)c3)ccc21. The van der Waals surface area contributed by atoms with E-state index in [0.29, 0.717) is 17.0 Å². The lowest BCUT2D eigenvalue weighted by molar-refractivity contribution is 0.287. The van der Waals surface area contributed by atoms with Gasteiger partial charge in [-0.05, 0) is 69.2 Å². The molecule has 0 unspecified atom stereocenters. The number of hydrogen-bond acceptors (Lipinski definition) is 5. The summed E-state index contributed by atoms with van der Waals surface area (Å²) in [5.74, 6) is 0.709. The van der Waals surface area contributed by atoms with Crippen LogP contribution in [0.3, 0.4) is 0 Å². The highest BCUT2D eigenvalue weighted by Gasteiger charge is 2.19. The van der Waals surface area contributed by atoms with Gasteiger partial charge in [0.1, 0.15) is 12.4 Å². The van der Waals surface area contributed by atoms with Crippen LogP contribution in [0, 0.1) is 13.8 Å². The van der Waals surface area contributed by atoms with Gasteiger partial charge in [0, 0.05) is 6.54 Å². The highest BCUT2D eigenvalue weighted by atomic mass is 32.2. The molecular formula is C20H24N2O4S2. The number of sulfonamides is 1. The zero-order chi connectivity index (χ0) is 20.5. The van der Waals surface area contributed by atoms with Crippen molar-refractivity contribution in [1.29, 1.82) is 0 Å². The van der Waals surface area contributed by atoms with Crippen molar-refractivity contribution < 1.29 is 13.2 Å². The summed E-state index contributed by atoms with van der Waals surface area (Å²) in [5.41, 5.74) is 3.05. The van der Waals surface area contributed by atoms with E-state index in [4.69, 9.17) is 4.74 Å². The van der Waals surface area contributed by atoms with E-state index in [1.54, 1.807) is 23.6 Å². The lowest BCUT2D eigenvalue weighted by Gasteiger charge is -2.16. The van der Waals surface area contributed by atoms with Crippen molar-refractivity contribution in [3.63, 3.8) is 0 Å². The number of aryl methyl sites for hydroxylation is 3. The number of nitrogens with zero attached hydrogens (tertiary/aromatic N) is 1. The van der Waals surface area contributed by atoms with Gasteiger partial charge in [0.2, 0.25) is 10.0 Å². The molecule has 0 saturated heterocycles. The molecule has 3 rings (SSSR count). The third-order valence-electron chi connectivity index (χ3n) is 4.60. The Bertz CT molecular complexity index is 1160. The highest BCUT2D eigenvalue weighted by molar-refractivity contribution is 7.89. The maximum absolute atomic E-state index is 12.7. The van der Waals surface area contributed by atoms with Crippen LogP contribution in [0.1, 0.15) is 25.0 Å². The zero-order valence-electron chi connectivity index (χ0n) is 16.4. The number of ether oxygens (including phenoxy) is 1. The molecule has 28 heavy (non-hydrogen) atoms. The van der Waals surface area contributed by atoms with Crippen LogP contribution in [0.2, 0.25) is 0 Å². The normalized spacial score (nSPS) is 13.0. The Morgan fingerprint density at radius 3 is 2.57 bits per heavy atom. The van der Waals surface area contributed by atoms with Crippen molar-refractivity contribution in [2.45, 2.75) is 45.2 Å². The first-order chi connectivity index (χ1) is 13.2. The van der Waals surface area contributed by atoms with Gasteiger partial charge in [0.25, 0.3) is 0 Å². The van der Waals surface area contributed by atoms with Crippen molar-refractivity contribution in [2.24, 2.45) is 0 Å². The predicted molar refractivity (Wildman–Crippen MR) is 113 cm³/mol. The number of fused-ring (bicyclic) bond motifs is 1. The molecule has 1 atom stereocenters. The van der Waals surface area contributed by atoms with E-state index in [1.807, 2.05) is 39.0 Å². The number of aromatic nitrogens is 1. The van der Waals surface area contributed by atoms with Crippen LogP contribution >= 0.6 is 11.3 Å². The molecule has 0 spiro atoms. The maximum Gasteiger partial charge on any atom is 0.308 e. The molecule has 0 radical (unpaired) electrons. The Labute approximate surface area is 168 Å². The topological polar surface area (TPSA) is 77.4 Å². The van der Waals surface area contributed by atoms with Gasteiger partial charge in [-0.25, -0.2) is 13.1 Å². The smallest absolute Gasteiger partial charge is 0.308 e. The molecular weight excluding hydrogens is 396 g/mol. The quantitative estimate of drug-likeness (QED) is 0.635. The molecule has 1 heterocycles. The third kappa shape index (κ3) is 4.29. The van der Waals surface area contributed by atoms with Gasteiger partial charge < -0.3 is 4.74 Å². The fourth-order valence-electron chi connectivity index (χ4n) is 2.91. The first kappa shape index (κ1) is 20.6. The summed E-state index contributed by atoms with van der Waals surface area (Å²) in [6.45, 7) is 8.43. The molecule has 1 N–H and O–H groups in total. The Kier molecular flexibility index (Phi) is 5.92. The van der Waals surface area contributed by atoms with Crippen LogP contribution in [0.25, 0.3) is 10.2 Å². The summed E-state index contributed by atoms with van der Waals surface area (Å²) in [5, 5.41) is 0. The lowest BCUT2D eigenvalue weighted by atomic mass is 10.1. The first-order valence-corrected chi connectivity index (χ1v) is 11.4. The van der Waals surface area contributed by atoms with Crippen molar-refractivity contribution >= 4 is 31.6 Å². The number of nitrogens with one attached hydrogen (secondary N) is 1. The summed E-state index contributed by atoms with van der Waals surface area (Å²) in [4.78, 5) is 12.0. The van der Waals surface area contributed by atoms with Gasteiger partial charge in [0.15, 0.2) is 0 Å². The van der Waals surface area contributed by atoms with Crippen molar-refractivity contribution in [3.8, 4) is 5.75 Å². The van der Waals surface area contributed by atoms with Gasteiger partial charge >= 0.3 is 4.87 Å². The fourth-order valence-corrected chi connectivity index (χ4v) is 5.23. The third-order valence-corrected chi connectivity index (χ3v) is 7.13. The van der Waals surface area contributed by atoms with E-state index in [2.05, 4.69) is 4.72 Å². The summed E-state index contributed by atoms with van der Waals surface area (Å²) >= 11 is 1.05. The summed E-state index contributed by atoms with van der Waals surface area (Å²) < 4.78 is 36.1. The molecule has 1 aromatic heterocycles. The first-order valence-electron chi connectivity index (χ1n) is 9.07. The van der Waals surface area contributed by atoms with Gasteiger partial charge in [-0.3, -0.25) is 9.36 Å². The van der Waals surface area contributed by atoms with Crippen molar-refractivity contribution in [3.05, 3.63) is 57.2 Å². The highest BCUT2D eigenvalue weighted by Crippen LogP contribution is 2.22. The van der Waals surface area contributed by atoms with E-state index >= 15 is 0 Å². The maximum atomic E-state index is 12.7. The Balaban J connectivity index is 1.72. The molecule has 6 nitrogen and oxygen atoms in total. The Hall–Kier alpha value is -2.16. The monoisotopic (exact) mass is 420 g/mol. The van der Waals surface area contributed by atoms with E-state index in [9.17, 15) is 13.2 Å². The van der Waals surface area contributed by atoms with E-state index in [0.717, 1.165) is 22.4 Å². The van der Waals surface area contributed by atoms with Crippen LogP contribution in [0.5, 0.6) is 5.75 Å². The summed E-state index contributed by atoms with van der Waals surface area (Å²) in [6.07, 6.45) is 0. The number of thiazole rings is 1. The molecule has 0 bridgehead atoms. The predicted octanol–water partition coefficient (Wildman–Crippen LogP) is 3.45. The molecule has 2 aromatic carbocycles. The van der Waals surface area contributed by atoms with Crippen molar-refractivity contribution in [2.75, 3.05) is 6.61 Å². The molecule has 0 saturated carbocycles. The second-order valence-corrected chi connectivity index (χ2v) is 9.53. The Morgan fingerprint density at radius 1 is 1.14 bits per heavy atom. The average Bonchev–Trinajstić information content (AvgIpc) is 2.96. The molecule has 0 aliphatic rings. The molecule has 0 aliphatic carbocycles. The van der Waals surface area contributed by atoms with Gasteiger partial charge in [-0.2, -0.15) is 0 Å². The van der Waals surface area contributed by atoms with Gasteiger partial charge in [-0.1, -0.05) is 17.4 Å². The number of rotatable bonds is 7. The van der Waals surface area contributed by atoms with E-state index in [-0.39, 0.29) is 16.4 Å². The van der Waals surface area contributed by atoms with Crippen LogP contribution in [-0.4, -0.2) is 25.6 Å². The molecule has 8 heteroatoms. The number of benzene rings is 2. The molecule has 0 aliphatic heterocycles. The molecule has 0 amide bonds. The minimum Gasteiger partial charge on any atom is -0.492 e. The second kappa shape index (κ2) is 8.06. The van der Waals surface area contributed by atoms with Crippen LogP contribution in [0.15, 0.2) is 46.1 Å². The van der Waals surface area contributed by atoms with Crippen LogP contribution in [-0.2, 0) is 16.6 Å². The van der Waals surface area contributed by atoms with Gasteiger partial charge in [-0.15, -0.1) is 0 Å².